The van der Waals surface area contributed by atoms with Crippen LogP contribution in [0.25, 0.3) is 0 Å². The van der Waals surface area contributed by atoms with Crippen LogP contribution in [-0.4, -0.2) is 76.6 Å². The summed E-state index contributed by atoms with van der Waals surface area (Å²) in [7, 11) is 0. The first-order valence-electron chi connectivity index (χ1n) is 11.2. The maximum absolute atomic E-state index is 12.3. The van der Waals surface area contributed by atoms with Crippen molar-refractivity contribution in [2.24, 2.45) is 0 Å². The highest BCUT2D eigenvalue weighted by atomic mass is 79.9. The minimum atomic E-state index is -0.541. The van der Waals surface area contributed by atoms with E-state index in [1.54, 1.807) is 22.1 Å². The first-order valence-corrected chi connectivity index (χ1v) is 12.0. The Balaban J connectivity index is 1.54. The molecule has 2 amide bonds. The van der Waals surface area contributed by atoms with E-state index < -0.39 is 11.2 Å². The molecule has 184 valence electrons. The summed E-state index contributed by atoms with van der Waals surface area (Å²) < 4.78 is 23.6. The summed E-state index contributed by atoms with van der Waals surface area (Å²) in [5.74, 6) is 0.820. The fraction of sp³-hybridized carbons (Fsp3) is 0.696. The van der Waals surface area contributed by atoms with Gasteiger partial charge in [-0.3, -0.25) is 0 Å². The average molecular weight is 528 g/mol. The van der Waals surface area contributed by atoms with E-state index in [4.69, 9.17) is 18.9 Å². The molecule has 0 aromatic carbocycles. The smallest absolute Gasteiger partial charge is 0.410 e. The molecule has 0 bridgehead atoms. The van der Waals surface area contributed by atoms with E-state index in [1.807, 2.05) is 41.5 Å². The number of hydrogen-bond donors (Lipinski definition) is 0. The van der Waals surface area contributed by atoms with Gasteiger partial charge in [-0.25, -0.2) is 14.6 Å². The molecule has 3 heterocycles. The SMILES string of the molecule is CC(C)(C)OC(=O)N1CC[C@@H]1COc1cc(Br)cnc1OC[C@H]1CCN1C(=O)OC(C)(C)C. The Kier molecular flexibility index (Phi) is 7.65. The lowest BCUT2D eigenvalue weighted by Crippen LogP contribution is -2.55. The Labute approximate surface area is 203 Å². The number of likely N-dealkylation sites (tertiary alicyclic amines) is 2. The summed E-state index contributed by atoms with van der Waals surface area (Å²) in [6.45, 7) is 13.0. The first-order chi connectivity index (χ1) is 15.3. The van der Waals surface area contributed by atoms with Crippen molar-refractivity contribution in [3.63, 3.8) is 0 Å². The lowest BCUT2D eigenvalue weighted by molar-refractivity contribution is -0.0173. The minimum absolute atomic E-state index is 0.0685. The van der Waals surface area contributed by atoms with E-state index in [9.17, 15) is 9.59 Å². The van der Waals surface area contributed by atoms with Gasteiger partial charge in [0, 0.05) is 29.8 Å². The molecule has 0 spiro atoms. The fourth-order valence-corrected chi connectivity index (χ4v) is 3.64. The van der Waals surface area contributed by atoms with E-state index in [0.717, 1.165) is 17.3 Å². The van der Waals surface area contributed by atoms with Crippen LogP contribution in [0.5, 0.6) is 11.6 Å². The van der Waals surface area contributed by atoms with Gasteiger partial charge in [0.25, 0.3) is 5.88 Å². The van der Waals surface area contributed by atoms with E-state index in [-0.39, 0.29) is 30.9 Å². The van der Waals surface area contributed by atoms with Gasteiger partial charge in [-0.05, 0) is 70.3 Å². The summed E-state index contributed by atoms with van der Waals surface area (Å²) in [4.78, 5) is 32.3. The molecule has 10 heteroatoms. The largest absolute Gasteiger partial charge is 0.486 e. The second-order valence-corrected chi connectivity index (χ2v) is 11.2. The average Bonchev–Trinajstić information content (AvgIpc) is 2.58. The molecule has 2 aliphatic heterocycles. The van der Waals surface area contributed by atoms with E-state index in [2.05, 4.69) is 20.9 Å². The molecule has 2 saturated heterocycles. The van der Waals surface area contributed by atoms with Gasteiger partial charge >= 0.3 is 12.2 Å². The Hall–Kier alpha value is -2.23. The molecular formula is C23H34BrN3O6. The molecule has 0 N–H and O–H groups in total. The second-order valence-electron chi connectivity index (χ2n) is 10.3. The second kappa shape index (κ2) is 9.95. The van der Waals surface area contributed by atoms with Gasteiger partial charge in [0.05, 0.1) is 12.1 Å². The maximum atomic E-state index is 12.3. The zero-order valence-corrected chi connectivity index (χ0v) is 21.8. The highest BCUT2D eigenvalue weighted by Gasteiger charge is 2.37. The summed E-state index contributed by atoms with van der Waals surface area (Å²) in [6.07, 6.45) is 2.63. The zero-order chi connectivity index (χ0) is 24.4. The van der Waals surface area contributed by atoms with Gasteiger partial charge in [-0.15, -0.1) is 0 Å². The molecular weight excluding hydrogens is 494 g/mol. The van der Waals surface area contributed by atoms with Crippen molar-refractivity contribution in [2.75, 3.05) is 26.3 Å². The number of carbonyl (C=O) groups is 2. The van der Waals surface area contributed by atoms with Crippen LogP contribution in [0.2, 0.25) is 0 Å². The third-order valence-corrected chi connectivity index (χ3v) is 5.61. The van der Waals surface area contributed by atoms with Crippen molar-refractivity contribution in [3.8, 4) is 11.6 Å². The fourth-order valence-electron chi connectivity index (χ4n) is 3.33. The van der Waals surface area contributed by atoms with Gasteiger partial charge in [0.1, 0.15) is 24.4 Å². The number of ether oxygens (including phenoxy) is 4. The van der Waals surface area contributed by atoms with E-state index in [0.29, 0.717) is 31.3 Å². The maximum Gasteiger partial charge on any atom is 0.410 e. The third kappa shape index (κ3) is 7.12. The van der Waals surface area contributed by atoms with Gasteiger partial charge < -0.3 is 28.7 Å². The summed E-state index contributed by atoms with van der Waals surface area (Å²) >= 11 is 3.41. The van der Waals surface area contributed by atoms with E-state index >= 15 is 0 Å². The normalized spacial score (nSPS) is 20.5. The van der Waals surface area contributed by atoms with Gasteiger partial charge in [0.15, 0.2) is 5.75 Å². The molecule has 2 atom stereocenters. The molecule has 0 saturated carbocycles. The molecule has 2 fully saturated rings. The van der Waals surface area contributed by atoms with Crippen molar-refractivity contribution < 1.29 is 28.5 Å². The third-order valence-electron chi connectivity index (χ3n) is 5.17. The Morgan fingerprint density at radius 2 is 1.42 bits per heavy atom. The number of nitrogens with zero attached hydrogens (tertiary/aromatic N) is 3. The summed E-state index contributed by atoms with van der Waals surface area (Å²) in [5.41, 5.74) is -1.08. The number of rotatable bonds is 6. The Morgan fingerprint density at radius 3 is 1.85 bits per heavy atom. The Morgan fingerprint density at radius 1 is 0.939 bits per heavy atom. The molecule has 1 aromatic rings. The number of aromatic nitrogens is 1. The van der Waals surface area contributed by atoms with Crippen molar-refractivity contribution in [1.82, 2.24) is 14.8 Å². The summed E-state index contributed by atoms with van der Waals surface area (Å²) in [6, 6.07) is 1.64. The lowest BCUT2D eigenvalue weighted by Gasteiger charge is -2.41. The molecule has 2 aliphatic rings. The van der Waals surface area contributed by atoms with Crippen molar-refractivity contribution in [1.29, 1.82) is 0 Å². The molecule has 0 unspecified atom stereocenters. The monoisotopic (exact) mass is 527 g/mol. The first kappa shape index (κ1) is 25.4. The molecule has 33 heavy (non-hydrogen) atoms. The number of pyridine rings is 1. The zero-order valence-electron chi connectivity index (χ0n) is 20.2. The predicted octanol–water partition coefficient (Wildman–Crippen LogP) is 4.62. The standard InChI is InChI=1S/C23H34BrN3O6/c1-22(2,3)32-20(28)26-9-7-16(26)13-30-18-11-15(24)12-25-19(18)31-14-17-8-10-27(17)21(29)33-23(4,5)6/h11-12,16-17H,7-10,13-14H2,1-6H3/t16-,17-/m1/s1. The van der Waals surface area contributed by atoms with Crippen molar-refractivity contribution >= 4 is 28.1 Å². The predicted molar refractivity (Wildman–Crippen MR) is 126 cm³/mol. The molecule has 1 aromatic heterocycles. The van der Waals surface area contributed by atoms with Crippen LogP contribution < -0.4 is 9.47 Å². The molecule has 3 rings (SSSR count). The van der Waals surface area contributed by atoms with Crippen molar-refractivity contribution in [3.05, 3.63) is 16.7 Å². The van der Waals surface area contributed by atoms with Crippen LogP contribution in [0.1, 0.15) is 54.4 Å². The van der Waals surface area contributed by atoms with Crippen LogP contribution in [-0.2, 0) is 9.47 Å². The van der Waals surface area contributed by atoms with Crippen LogP contribution >= 0.6 is 15.9 Å². The van der Waals surface area contributed by atoms with E-state index in [1.165, 1.54) is 0 Å². The number of carbonyl (C=O) groups excluding carboxylic acids is 2. The van der Waals surface area contributed by atoms with Crippen LogP contribution in [0.15, 0.2) is 16.7 Å². The number of halogens is 1. The summed E-state index contributed by atoms with van der Waals surface area (Å²) in [5, 5.41) is 0. The highest BCUT2D eigenvalue weighted by Crippen LogP contribution is 2.31. The molecule has 9 nitrogen and oxygen atoms in total. The van der Waals surface area contributed by atoms with Gasteiger partial charge in [-0.2, -0.15) is 0 Å². The molecule has 0 radical (unpaired) electrons. The number of hydrogen-bond acceptors (Lipinski definition) is 7. The van der Waals surface area contributed by atoms with Crippen molar-refractivity contribution in [2.45, 2.75) is 77.7 Å². The number of amides is 2. The van der Waals surface area contributed by atoms with Crippen LogP contribution in [0.3, 0.4) is 0 Å². The van der Waals surface area contributed by atoms with Crippen LogP contribution in [0.4, 0.5) is 9.59 Å². The van der Waals surface area contributed by atoms with Crippen LogP contribution in [0, 0.1) is 0 Å². The minimum Gasteiger partial charge on any atom is -0.486 e. The quantitative estimate of drug-likeness (QED) is 0.532. The topological polar surface area (TPSA) is 90.4 Å². The highest BCUT2D eigenvalue weighted by molar-refractivity contribution is 9.10. The Bertz CT molecular complexity index is 867. The molecule has 0 aliphatic carbocycles. The van der Waals surface area contributed by atoms with Gasteiger partial charge in [0.2, 0.25) is 0 Å². The van der Waals surface area contributed by atoms with Gasteiger partial charge in [-0.1, -0.05) is 0 Å². The lowest BCUT2D eigenvalue weighted by atomic mass is 10.1.